The molecule has 0 aromatic rings. The Morgan fingerprint density at radius 3 is 1.33 bits per heavy atom. The number of carbonyl (C=O) groups excluding carboxylic acids is 1. The summed E-state index contributed by atoms with van der Waals surface area (Å²) in [7, 11) is 0. The minimum Gasteiger partial charge on any atom is -0.652 e. The van der Waals surface area contributed by atoms with Crippen LogP contribution < -0.4 is 113 Å². The number of hydrogen-bond acceptors (Lipinski definition) is 5. The molecule has 5 nitrogen and oxygen atoms in total. The molecule has 0 aromatic carbocycles. The first-order valence-electron chi connectivity index (χ1n) is 2.86. The van der Waals surface area contributed by atoms with Crippen molar-refractivity contribution in [2.24, 2.45) is 0 Å². The van der Waals surface area contributed by atoms with Crippen molar-refractivity contribution in [3.63, 3.8) is 0 Å². The van der Waals surface area contributed by atoms with Crippen LogP contribution in [0.25, 0.3) is 0 Å². The summed E-state index contributed by atoms with van der Waals surface area (Å²) in [6, 6.07) is 0. The second-order valence-corrected chi connectivity index (χ2v) is 1.60. The van der Waals surface area contributed by atoms with E-state index in [-0.39, 0.29) is 103 Å². The van der Waals surface area contributed by atoms with E-state index in [0.717, 1.165) is 26.1 Å². The Labute approximate surface area is 156 Å². The molecular weight excluding hydrogens is 218 g/mol. The van der Waals surface area contributed by atoms with Gasteiger partial charge in [0.15, 0.2) is 0 Å². The van der Waals surface area contributed by atoms with Crippen molar-refractivity contribution >= 4 is 6.16 Å². The molecule has 0 bridgehead atoms. The van der Waals surface area contributed by atoms with E-state index in [1.54, 1.807) is 0 Å². The molecule has 0 amide bonds. The third-order valence-corrected chi connectivity index (χ3v) is 0.789. The third-order valence-electron chi connectivity index (χ3n) is 0.789. The first-order valence-corrected chi connectivity index (χ1v) is 2.86. The Kier molecular flexibility index (Phi) is 26.5. The molecule has 1 saturated heterocycles. The molecule has 1 aliphatic rings. The van der Waals surface area contributed by atoms with E-state index in [4.69, 9.17) is 15.0 Å². The van der Waals surface area contributed by atoms with Gasteiger partial charge < -0.3 is 15.0 Å². The molecule has 0 N–H and O–H groups in total. The predicted octanol–water partition coefficient (Wildman–Crippen LogP) is -7.71. The van der Waals surface area contributed by atoms with Crippen molar-refractivity contribution in [3.05, 3.63) is 0 Å². The molecule has 0 aromatic heterocycles. The first-order chi connectivity index (χ1) is 4.73. The molecule has 60 valence electrons. The van der Waals surface area contributed by atoms with E-state index in [9.17, 15) is 0 Å². The van der Waals surface area contributed by atoms with Gasteiger partial charge in [0.2, 0.25) is 0 Å². The van der Waals surface area contributed by atoms with E-state index >= 15 is 0 Å². The van der Waals surface area contributed by atoms with Crippen LogP contribution in [-0.4, -0.2) is 19.4 Å². The Morgan fingerprint density at radius 2 is 1.25 bits per heavy atom. The van der Waals surface area contributed by atoms with Gasteiger partial charge in [-0.25, -0.2) is 9.78 Å². The zero-order valence-corrected chi connectivity index (χ0v) is 13.6. The van der Waals surface area contributed by atoms with Gasteiger partial charge in [-0.3, -0.25) is 0 Å². The summed E-state index contributed by atoms with van der Waals surface area (Å²) in [5, 5.41) is 16.7. The van der Waals surface area contributed by atoms with Crippen LogP contribution in [0.15, 0.2) is 0 Å². The minimum absolute atomic E-state index is 0. The van der Waals surface area contributed by atoms with Crippen LogP contribution in [-0.2, 0) is 9.78 Å². The van der Waals surface area contributed by atoms with Crippen LogP contribution >= 0.6 is 0 Å². The van der Waals surface area contributed by atoms with Gasteiger partial charge in [-0.15, -0.1) is 0 Å². The maximum absolute atomic E-state index is 8.33. The number of hydrogen-bond donors (Lipinski definition) is 0. The maximum Gasteiger partial charge on any atom is 1.00 e. The average Bonchev–Trinajstić information content (AvgIpc) is 1.90. The normalized spacial score (nSPS) is 14.0. The van der Waals surface area contributed by atoms with Crippen LogP contribution in [0.4, 0.5) is 4.79 Å². The summed E-state index contributed by atoms with van der Waals surface area (Å²) in [5.74, 6) is 0. The predicted molar refractivity (Wildman–Crippen MR) is 26.5 cm³/mol. The fourth-order valence-electron chi connectivity index (χ4n) is 0.440. The number of carbonyl (C=O) groups is 1. The van der Waals surface area contributed by atoms with E-state index < -0.39 is 6.16 Å². The summed E-state index contributed by atoms with van der Waals surface area (Å²) in [4.78, 5) is 17.5. The van der Waals surface area contributed by atoms with Gasteiger partial charge in [0.05, 0.1) is 13.2 Å². The monoisotopic (exact) mass is 226 g/mol. The molecular formula is C5H8K2O5. The Morgan fingerprint density at radius 1 is 1.00 bits per heavy atom. The molecule has 0 spiro atoms. The summed E-state index contributed by atoms with van der Waals surface area (Å²) in [6.45, 7) is 1.56. The van der Waals surface area contributed by atoms with Crippen molar-refractivity contribution in [3.8, 4) is 0 Å². The molecule has 0 radical (unpaired) electrons. The largest absolute Gasteiger partial charge is 1.00 e. The minimum atomic E-state index is -2.33. The number of rotatable bonds is 0. The van der Waals surface area contributed by atoms with E-state index in [1.165, 1.54) is 0 Å². The van der Waals surface area contributed by atoms with Crippen molar-refractivity contribution < 1.29 is 128 Å². The smallest absolute Gasteiger partial charge is 0.652 e. The third kappa shape index (κ3) is 22.9. The summed E-state index contributed by atoms with van der Waals surface area (Å²) < 4.78 is 0. The maximum atomic E-state index is 8.33. The van der Waals surface area contributed by atoms with Crippen LogP contribution in [0.3, 0.4) is 0 Å². The zero-order chi connectivity index (χ0) is 7.82. The number of carboxylic acid groups (broad SMARTS) is 2. The summed E-state index contributed by atoms with van der Waals surface area (Å²) in [5.41, 5.74) is 0. The Bertz CT molecular complexity index is 80.3. The van der Waals surface area contributed by atoms with Crippen molar-refractivity contribution in [1.82, 2.24) is 0 Å². The molecule has 7 heteroatoms. The van der Waals surface area contributed by atoms with Crippen molar-refractivity contribution in [2.75, 3.05) is 13.2 Å². The molecule has 1 heterocycles. The Balaban J connectivity index is -0.000000124. The van der Waals surface area contributed by atoms with Crippen LogP contribution in [0.2, 0.25) is 0 Å². The van der Waals surface area contributed by atoms with Gasteiger partial charge >= 0.3 is 103 Å². The van der Waals surface area contributed by atoms with E-state index in [1.807, 2.05) is 0 Å². The second-order valence-electron chi connectivity index (χ2n) is 1.60. The SMILES string of the molecule is C1CCOOC1.O=C([O-])[O-].[K+].[K+]. The van der Waals surface area contributed by atoms with Crippen LogP contribution in [0, 0.1) is 0 Å². The summed E-state index contributed by atoms with van der Waals surface area (Å²) >= 11 is 0. The van der Waals surface area contributed by atoms with Crippen molar-refractivity contribution in [2.45, 2.75) is 12.8 Å². The van der Waals surface area contributed by atoms with E-state index in [0.29, 0.717) is 0 Å². The average molecular weight is 226 g/mol. The molecule has 12 heavy (non-hydrogen) atoms. The fourth-order valence-corrected chi connectivity index (χ4v) is 0.440. The van der Waals surface area contributed by atoms with Gasteiger partial charge in [-0.05, 0) is 19.0 Å². The first kappa shape index (κ1) is 19.9. The van der Waals surface area contributed by atoms with Gasteiger partial charge in [-0.1, -0.05) is 0 Å². The van der Waals surface area contributed by atoms with Gasteiger partial charge in [0.1, 0.15) is 0 Å². The topological polar surface area (TPSA) is 81.7 Å². The molecule has 0 aliphatic carbocycles. The molecule has 1 fully saturated rings. The quantitative estimate of drug-likeness (QED) is 0.303. The van der Waals surface area contributed by atoms with Gasteiger partial charge in [0.25, 0.3) is 0 Å². The van der Waals surface area contributed by atoms with Gasteiger partial charge in [-0.2, -0.15) is 0 Å². The standard InChI is InChI=1S/C4H8O2.CH2O3.2K/c1-2-4-6-5-3-1;2-1(3)4;;/h1-4H2;(H2,2,3,4);;/q;;2*+1/p-2. The zero-order valence-electron chi connectivity index (χ0n) is 7.37. The van der Waals surface area contributed by atoms with Gasteiger partial charge in [0, 0.05) is 0 Å². The molecule has 0 atom stereocenters. The fraction of sp³-hybridized carbons (Fsp3) is 0.800. The van der Waals surface area contributed by atoms with E-state index in [2.05, 4.69) is 9.78 Å². The van der Waals surface area contributed by atoms with Crippen LogP contribution in [0.1, 0.15) is 12.8 Å². The molecule has 0 unspecified atom stereocenters. The molecule has 1 rings (SSSR count). The Hall–Kier alpha value is 2.46. The van der Waals surface area contributed by atoms with Crippen molar-refractivity contribution in [1.29, 1.82) is 0 Å². The second kappa shape index (κ2) is 15.9. The van der Waals surface area contributed by atoms with Crippen LogP contribution in [0.5, 0.6) is 0 Å². The molecule has 0 saturated carbocycles. The molecule has 1 aliphatic heterocycles. The summed E-state index contributed by atoms with van der Waals surface area (Å²) in [6.07, 6.45) is -0.0278.